The van der Waals surface area contributed by atoms with Gasteiger partial charge in [-0.2, -0.15) is 11.8 Å². The molecule has 112 valence electrons. The van der Waals surface area contributed by atoms with Crippen LogP contribution in [-0.2, 0) is 0 Å². The standard InChI is InChI=1S/C14H23N3OS2/c1-9(13-16-10(2)8-20-13)7-15-14(18)17-11-4-5-12(6-11)19-3/h8-9,11-12H,4-7H2,1-3H3,(H2,15,17,18). The molecule has 1 aliphatic carbocycles. The first kappa shape index (κ1) is 15.6. The van der Waals surface area contributed by atoms with E-state index in [0.29, 0.717) is 17.8 Å². The molecule has 1 heterocycles. The lowest BCUT2D eigenvalue weighted by molar-refractivity contribution is 0.236. The monoisotopic (exact) mass is 313 g/mol. The number of thiazole rings is 1. The van der Waals surface area contributed by atoms with Crippen LogP contribution in [-0.4, -0.2) is 35.1 Å². The third kappa shape index (κ3) is 4.38. The third-order valence-corrected chi connectivity index (χ3v) is 5.97. The van der Waals surface area contributed by atoms with E-state index in [4.69, 9.17) is 0 Å². The molecule has 4 nitrogen and oxygen atoms in total. The topological polar surface area (TPSA) is 54.0 Å². The Kier molecular flexibility index (Phi) is 5.72. The second kappa shape index (κ2) is 7.31. The quantitative estimate of drug-likeness (QED) is 0.878. The van der Waals surface area contributed by atoms with Gasteiger partial charge in [-0.15, -0.1) is 11.3 Å². The van der Waals surface area contributed by atoms with Crippen LogP contribution < -0.4 is 10.6 Å². The first-order valence-electron chi connectivity index (χ1n) is 7.07. The minimum absolute atomic E-state index is 0.0446. The zero-order chi connectivity index (χ0) is 14.5. The van der Waals surface area contributed by atoms with E-state index < -0.39 is 0 Å². The van der Waals surface area contributed by atoms with Gasteiger partial charge in [0.15, 0.2) is 0 Å². The summed E-state index contributed by atoms with van der Waals surface area (Å²) in [5, 5.41) is 9.88. The molecule has 20 heavy (non-hydrogen) atoms. The van der Waals surface area contributed by atoms with Crippen LogP contribution in [0.15, 0.2) is 5.38 Å². The first-order chi connectivity index (χ1) is 9.58. The van der Waals surface area contributed by atoms with Gasteiger partial charge in [-0.25, -0.2) is 9.78 Å². The number of amides is 2. The van der Waals surface area contributed by atoms with Gasteiger partial charge in [0.25, 0.3) is 0 Å². The van der Waals surface area contributed by atoms with Gasteiger partial charge >= 0.3 is 6.03 Å². The Morgan fingerprint density at radius 1 is 1.60 bits per heavy atom. The number of rotatable bonds is 5. The summed E-state index contributed by atoms with van der Waals surface area (Å²) in [6.07, 6.45) is 5.54. The van der Waals surface area contributed by atoms with Crippen molar-refractivity contribution in [3.8, 4) is 0 Å². The van der Waals surface area contributed by atoms with Crippen LogP contribution in [0.4, 0.5) is 4.79 Å². The normalized spacial score (nSPS) is 23.6. The van der Waals surface area contributed by atoms with Crippen molar-refractivity contribution in [2.45, 2.75) is 50.3 Å². The van der Waals surface area contributed by atoms with E-state index in [-0.39, 0.29) is 11.9 Å². The number of nitrogens with one attached hydrogen (secondary N) is 2. The lowest BCUT2D eigenvalue weighted by Gasteiger charge is -2.15. The summed E-state index contributed by atoms with van der Waals surface area (Å²) in [6.45, 7) is 4.73. The molecule has 1 aromatic heterocycles. The van der Waals surface area contributed by atoms with Crippen molar-refractivity contribution in [2.75, 3.05) is 12.8 Å². The maximum Gasteiger partial charge on any atom is 0.315 e. The Balaban J connectivity index is 1.70. The predicted octanol–water partition coefficient (Wildman–Crippen LogP) is 3.14. The van der Waals surface area contributed by atoms with Crippen LogP contribution >= 0.6 is 23.1 Å². The predicted molar refractivity (Wildman–Crippen MR) is 86.7 cm³/mol. The van der Waals surface area contributed by atoms with Gasteiger partial charge in [0.2, 0.25) is 0 Å². The van der Waals surface area contributed by atoms with Crippen molar-refractivity contribution >= 4 is 29.1 Å². The summed E-state index contributed by atoms with van der Waals surface area (Å²) in [6, 6.07) is 0.293. The molecule has 2 amide bonds. The molecule has 0 bridgehead atoms. The molecule has 6 heteroatoms. The summed E-state index contributed by atoms with van der Waals surface area (Å²) >= 11 is 3.56. The van der Waals surface area contributed by atoms with Crippen LogP contribution in [0.3, 0.4) is 0 Å². The molecule has 1 aliphatic rings. The molecule has 1 fully saturated rings. The molecule has 0 radical (unpaired) electrons. The van der Waals surface area contributed by atoms with Crippen molar-refractivity contribution in [3.63, 3.8) is 0 Å². The Morgan fingerprint density at radius 3 is 3.00 bits per heavy atom. The minimum Gasteiger partial charge on any atom is -0.337 e. The van der Waals surface area contributed by atoms with E-state index in [9.17, 15) is 4.79 Å². The van der Waals surface area contributed by atoms with Gasteiger partial charge < -0.3 is 10.6 Å². The molecule has 3 unspecified atom stereocenters. The average molecular weight is 313 g/mol. The molecule has 1 aromatic rings. The van der Waals surface area contributed by atoms with Gasteiger partial charge in [0, 0.05) is 34.8 Å². The average Bonchev–Trinajstić information content (AvgIpc) is 3.05. The Morgan fingerprint density at radius 2 is 2.40 bits per heavy atom. The zero-order valence-corrected chi connectivity index (χ0v) is 13.9. The number of nitrogens with zero attached hydrogens (tertiary/aromatic N) is 1. The number of thioether (sulfide) groups is 1. The first-order valence-corrected chi connectivity index (χ1v) is 9.24. The van der Waals surface area contributed by atoms with Crippen molar-refractivity contribution in [2.24, 2.45) is 0 Å². The Labute approximate surface area is 129 Å². The second-order valence-corrected chi connectivity index (χ2v) is 7.48. The van der Waals surface area contributed by atoms with Crippen molar-refractivity contribution in [1.29, 1.82) is 0 Å². The molecule has 2 N–H and O–H groups in total. The van der Waals surface area contributed by atoms with Gasteiger partial charge in [-0.1, -0.05) is 6.92 Å². The van der Waals surface area contributed by atoms with E-state index in [0.717, 1.165) is 23.5 Å². The van der Waals surface area contributed by atoms with E-state index in [2.05, 4.69) is 28.8 Å². The number of carbonyl (C=O) groups is 1. The van der Waals surface area contributed by atoms with Crippen LogP contribution in [0.2, 0.25) is 0 Å². The fourth-order valence-electron chi connectivity index (χ4n) is 2.45. The van der Waals surface area contributed by atoms with Crippen LogP contribution in [0, 0.1) is 6.92 Å². The molecular formula is C14H23N3OS2. The molecular weight excluding hydrogens is 290 g/mol. The van der Waals surface area contributed by atoms with E-state index >= 15 is 0 Å². The lowest BCUT2D eigenvalue weighted by Crippen LogP contribution is -2.42. The van der Waals surface area contributed by atoms with Crippen LogP contribution in [0.5, 0.6) is 0 Å². The fourth-order valence-corrected chi connectivity index (χ4v) is 4.11. The minimum atomic E-state index is -0.0446. The summed E-state index contributed by atoms with van der Waals surface area (Å²) in [4.78, 5) is 16.3. The van der Waals surface area contributed by atoms with Gasteiger partial charge in [0.1, 0.15) is 0 Å². The maximum absolute atomic E-state index is 11.9. The molecule has 0 saturated heterocycles. The second-order valence-electron chi connectivity index (χ2n) is 5.45. The molecule has 0 aromatic carbocycles. The number of aryl methyl sites for hydroxylation is 1. The highest BCUT2D eigenvalue weighted by Gasteiger charge is 2.25. The van der Waals surface area contributed by atoms with Crippen molar-refractivity contribution in [1.82, 2.24) is 15.6 Å². The van der Waals surface area contributed by atoms with E-state index in [1.54, 1.807) is 11.3 Å². The highest BCUT2D eigenvalue weighted by atomic mass is 32.2. The highest BCUT2D eigenvalue weighted by molar-refractivity contribution is 7.99. The smallest absolute Gasteiger partial charge is 0.315 e. The van der Waals surface area contributed by atoms with E-state index in [1.807, 2.05) is 24.1 Å². The number of carbonyl (C=O) groups excluding carboxylic acids is 1. The van der Waals surface area contributed by atoms with Crippen LogP contribution in [0.1, 0.15) is 42.8 Å². The maximum atomic E-state index is 11.9. The highest BCUT2D eigenvalue weighted by Crippen LogP contribution is 2.28. The van der Waals surface area contributed by atoms with Crippen molar-refractivity contribution in [3.05, 3.63) is 16.1 Å². The Hall–Kier alpha value is -0.750. The molecule has 1 saturated carbocycles. The Bertz CT molecular complexity index is 449. The fraction of sp³-hybridized carbons (Fsp3) is 0.714. The van der Waals surface area contributed by atoms with Crippen molar-refractivity contribution < 1.29 is 4.79 Å². The third-order valence-electron chi connectivity index (χ3n) is 3.68. The zero-order valence-electron chi connectivity index (χ0n) is 12.3. The summed E-state index contributed by atoms with van der Waals surface area (Å²) in [5.41, 5.74) is 1.05. The SMILES string of the molecule is CSC1CCC(NC(=O)NCC(C)c2nc(C)cs2)C1. The largest absolute Gasteiger partial charge is 0.337 e. The summed E-state index contributed by atoms with van der Waals surface area (Å²) < 4.78 is 0. The van der Waals surface area contributed by atoms with Gasteiger partial charge in [-0.3, -0.25) is 0 Å². The number of hydrogen-bond donors (Lipinski definition) is 2. The number of urea groups is 1. The molecule has 3 atom stereocenters. The molecule has 0 spiro atoms. The van der Waals surface area contributed by atoms with Crippen LogP contribution in [0.25, 0.3) is 0 Å². The number of aromatic nitrogens is 1. The summed E-state index contributed by atoms with van der Waals surface area (Å²) in [7, 11) is 0. The molecule has 0 aliphatic heterocycles. The van der Waals surface area contributed by atoms with Gasteiger partial charge in [0.05, 0.1) is 5.01 Å². The lowest BCUT2D eigenvalue weighted by atomic mass is 10.2. The summed E-state index contributed by atoms with van der Waals surface area (Å²) in [5.74, 6) is 0.266. The molecule has 2 rings (SSSR count). The number of hydrogen-bond acceptors (Lipinski definition) is 4. The van der Waals surface area contributed by atoms with E-state index in [1.165, 1.54) is 6.42 Å². The van der Waals surface area contributed by atoms with Gasteiger partial charge in [-0.05, 0) is 32.4 Å².